The molecule has 3 rings (SSSR count). The summed E-state index contributed by atoms with van der Waals surface area (Å²) < 4.78 is 21.4. The first-order valence-electron chi connectivity index (χ1n) is 8.71. The molecule has 2 aliphatic rings. The van der Waals surface area contributed by atoms with Crippen molar-refractivity contribution in [2.24, 2.45) is 0 Å². The molecule has 0 saturated carbocycles. The Balaban J connectivity index is 1.98. The van der Waals surface area contributed by atoms with Crippen molar-refractivity contribution in [3.63, 3.8) is 0 Å². The normalized spacial score (nSPS) is 29.8. The standard InChI is InChI=1S/C18H22N2O8S/c1-17(2)18(16(23)27-4,19-13(21)12(26-3)14(19)29(17)25)15(22)20(24)28-10-11-8-6-5-7-9-11/h5-9,12,14,24H,10H2,1-4H3/t12-,14-,18+,29?/m1/s1. The molecule has 0 aliphatic carbocycles. The fourth-order valence-corrected chi connectivity index (χ4v) is 5.87. The van der Waals surface area contributed by atoms with Crippen LogP contribution in [0.5, 0.6) is 0 Å². The maximum Gasteiger partial charge on any atom is 0.343 e. The number of benzene rings is 1. The van der Waals surface area contributed by atoms with Crippen molar-refractivity contribution in [1.82, 2.24) is 10.1 Å². The van der Waals surface area contributed by atoms with E-state index in [1.807, 2.05) is 0 Å². The largest absolute Gasteiger partial charge is 0.467 e. The molecular weight excluding hydrogens is 404 g/mol. The van der Waals surface area contributed by atoms with Crippen LogP contribution in [-0.4, -0.2) is 73.3 Å². The first-order chi connectivity index (χ1) is 13.7. The number of esters is 1. The number of hydrogen-bond acceptors (Lipinski definition) is 8. The first-order valence-corrected chi connectivity index (χ1v) is 9.92. The van der Waals surface area contributed by atoms with Gasteiger partial charge in [-0.25, -0.2) is 9.63 Å². The van der Waals surface area contributed by atoms with Gasteiger partial charge in [-0.15, -0.1) is 0 Å². The molecule has 0 bridgehead atoms. The molecular formula is C18H22N2O8S. The fourth-order valence-electron chi connectivity index (χ4n) is 3.80. The average Bonchev–Trinajstić information content (AvgIpc) is 2.88. The van der Waals surface area contributed by atoms with Gasteiger partial charge in [0.15, 0.2) is 6.10 Å². The number of methoxy groups -OCH3 is 2. The maximum atomic E-state index is 13.3. The minimum absolute atomic E-state index is 0.0986. The number of carbonyl (C=O) groups excluding carboxylic acids is 3. The van der Waals surface area contributed by atoms with Gasteiger partial charge in [0.1, 0.15) is 12.0 Å². The second-order valence-electron chi connectivity index (χ2n) is 7.10. The third-order valence-electron chi connectivity index (χ3n) is 5.36. The van der Waals surface area contributed by atoms with E-state index in [4.69, 9.17) is 14.3 Å². The third kappa shape index (κ3) is 2.80. The van der Waals surface area contributed by atoms with Crippen LogP contribution < -0.4 is 0 Å². The number of nitrogens with zero attached hydrogens (tertiary/aromatic N) is 2. The van der Waals surface area contributed by atoms with Gasteiger partial charge in [0.05, 0.1) is 22.7 Å². The van der Waals surface area contributed by atoms with Crippen LogP contribution in [0.3, 0.4) is 0 Å². The molecule has 0 aromatic heterocycles. The quantitative estimate of drug-likeness (QED) is 0.221. The molecule has 1 aromatic rings. The lowest BCUT2D eigenvalue weighted by Gasteiger charge is -2.48. The monoisotopic (exact) mass is 426 g/mol. The minimum Gasteiger partial charge on any atom is -0.467 e. The molecule has 4 atom stereocenters. The van der Waals surface area contributed by atoms with E-state index in [9.17, 15) is 23.8 Å². The number of fused-ring (bicyclic) bond motifs is 1. The van der Waals surface area contributed by atoms with Crippen LogP contribution in [-0.2, 0) is 46.1 Å². The molecule has 158 valence electrons. The molecule has 11 heteroatoms. The van der Waals surface area contributed by atoms with Gasteiger partial charge in [-0.2, -0.15) is 0 Å². The Morgan fingerprint density at radius 1 is 1.24 bits per heavy atom. The van der Waals surface area contributed by atoms with Crippen LogP contribution in [0.25, 0.3) is 0 Å². The second kappa shape index (κ2) is 7.48. The Morgan fingerprint density at radius 3 is 2.41 bits per heavy atom. The van der Waals surface area contributed by atoms with E-state index in [0.29, 0.717) is 5.56 Å². The van der Waals surface area contributed by atoms with Crippen molar-refractivity contribution in [3.8, 4) is 0 Å². The number of carbonyl (C=O) groups is 3. The fraction of sp³-hybridized carbons (Fsp3) is 0.500. The van der Waals surface area contributed by atoms with E-state index in [1.165, 1.54) is 21.0 Å². The highest BCUT2D eigenvalue weighted by Gasteiger charge is 2.81. The van der Waals surface area contributed by atoms with E-state index in [2.05, 4.69) is 0 Å². The van der Waals surface area contributed by atoms with E-state index in [1.54, 1.807) is 30.3 Å². The highest BCUT2D eigenvalue weighted by Crippen LogP contribution is 2.52. The van der Waals surface area contributed by atoms with Gasteiger partial charge in [0, 0.05) is 7.11 Å². The molecule has 29 heavy (non-hydrogen) atoms. The lowest BCUT2D eigenvalue weighted by Crippen LogP contribution is -2.77. The molecule has 2 amide bonds. The minimum atomic E-state index is -2.38. The van der Waals surface area contributed by atoms with Gasteiger partial charge >= 0.3 is 11.9 Å². The predicted octanol–water partition coefficient (Wildman–Crippen LogP) is -0.0280. The van der Waals surface area contributed by atoms with Gasteiger partial charge in [0.25, 0.3) is 5.91 Å². The van der Waals surface area contributed by atoms with Crippen molar-refractivity contribution in [2.75, 3.05) is 14.2 Å². The van der Waals surface area contributed by atoms with Gasteiger partial charge in [-0.3, -0.25) is 23.9 Å². The molecule has 0 spiro atoms. The predicted molar refractivity (Wildman–Crippen MR) is 98.3 cm³/mol. The van der Waals surface area contributed by atoms with Crippen LogP contribution >= 0.6 is 0 Å². The number of ether oxygens (including phenoxy) is 2. The van der Waals surface area contributed by atoms with E-state index in [0.717, 1.165) is 12.0 Å². The number of hydrogen-bond donors (Lipinski definition) is 1. The lowest BCUT2D eigenvalue weighted by atomic mass is 9.80. The summed E-state index contributed by atoms with van der Waals surface area (Å²) in [7, 11) is 0.430. The number of amides is 2. The topological polar surface area (TPSA) is 123 Å². The van der Waals surface area contributed by atoms with E-state index >= 15 is 0 Å². The Morgan fingerprint density at radius 2 is 1.86 bits per heavy atom. The molecule has 2 aliphatic heterocycles. The highest BCUT2D eigenvalue weighted by atomic mass is 32.2. The van der Waals surface area contributed by atoms with Crippen LogP contribution in [0, 0.1) is 0 Å². The van der Waals surface area contributed by atoms with Crippen LogP contribution in [0.4, 0.5) is 0 Å². The number of β-lactam (4-membered cyclic amide) rings is 1. The summed E-state index contributed by atoms with van der Waals surface area (Å²) >= 11 is 0. The first kappa shape index (κ1) is 21.4. The van der Waals surface area contributed by atoms with Gasteiger partial charge in [0.2, 0.25) is 5.54 Å². The Kier molecular flexibility index (Phi) is 5.52. The Labute approximate surface area is 169 Å². The Bertz CT molecular complexity index is 861. The zero-order valence-electron chi connectivity index (χ0n) is 16.4. The summed E-state index contributed by atoms with van der Waals surface area (Å²) in [5.74, 6) is -3.11. The van der Waals surface area contributed by atoms with Gasteiger partial charge in [-0.05, 0) is 19.4 Å². The summed E-state index contributed by atoms with van der Waals surface area (Å²) in [6.07, 6.45) is -1.06. The summed E-state index contributed by atoms with van der Waals surface area (Å²) in [5.41, 5.74) is -1.73. The van der Waals surface area contributed by atoms with Gasteiger partial charge in [-0.1, -0.05) is 35.6 Å². The zero-order valence-corrected chi connectivity index (χ0v) is 17.2. The smallest absolute Gasteiger partial charge is 0.343 e. The summed E-state index contributed by atoms with van der Waals surface area (Å²) in [6, 6.07) is 8.70. The van der Waals surface area contributed by atoms with E-state index in [-0.39, 0.29) is 11.8 Å². The van der Waals surface area contributed by atoms with Crippen molar-refractivity contribution >= 4 is 28.6 Å². The van der Waals surface area contributed by atoms with Crippen LogP contribution in [0.2, 0.25) is 0 Å². The molecule has 0 radical (unpaired) electrons. The highest BCUT2D eigenvalue weighted by molar-refractivity contribution is 7.87. The van der Waals surface area contributed by atoms with Crippen molar-refractivity contribution < 1.29 is 38.1 Å². The zero-order chi connectivity index (χ0) is 21.6. The molecule has 2 saturated heterocycles. The Hall–Kier alpha value is -2.34. The van der Waals surface area contributed by atoms with Gasteiger partial charge < -0.3 is 9.47 Å². The average molecular weight is 426 g/mol. The second-order valence-corrected chi connectivity index (χ2v) is 9.20. The lowest BCUT2D eigenvalue weighted by molar-refractivity contribution is -0.327. The molecule has 1 aromatic carbocycles. The molecule has 2 fully saturated rings. The molecule has 1 unspecified atom stereocenters. The molecule has 1 N–H and O–H groups in total. The van der Waals surface area contributed by atoms with Crippen molar-refractivity contribution in [1.29, 1.82) is 0 Å². The summed E-state index contributed by atoms with van der Waals surface area (Å²) in [6.45, 7) is 2.60. The van der Waals surface area contributed by atoms with Crippen molar-refractivity contribution in [3.05, 3.63) is 35.9 Å². The van der Waals surface area contributed by atoms with Crippen LogP contribution in [0.1, 0.15) is 19.4 Å². The van der Waals surface area contributed by atoms with Crippen molar-refractivity contribution in [2.45, 2.75) is 42.2 Å². The van der Waals surface area contributed by atoms with Crippen LogP contribution in [0.15, 0.2) is 30.3 Å². The maximum absolute atomic E-state index is 13.3. The summed E-state index contributed by atoms with van der Waals surface area (Å²) in [5, 5.41) is 9.16. The van der Waals surface area contributed by atoms with E-state index < -0.39 is 50.3 Å². The third-order valence-corrected chi connectivity index (χ3v) is 7.56. The summed E-state index contributed by atoms with van der Waals surface area (Å²) in [4.78, 5) is 44.7. The molecule has 10 nitrogen and oxygen atoms in total. The molecule has 2 heterocycles. The number of hydroxylamine groups is 2. The number of rotatable bonds is 6. The SMILES string of the molecule is COC(=O)[C@]1(C(=O)N(O)OCc2ccccc2)N2C(=O)[C@@H](OC)[C@H]2S(=O)C1(C)C.